The molecule has 6 nitrogen and oxygen atoms in total. The van der Waals surface area contributed by atoms with Crippen LogP contribution in [0.4, 0.5) is 0 Å². The average Bonchev–Trinajstić information content (AvgIpc) is 3.38. The van der Waals surface area contributed by atoms with Gasteiger partial charge in [0.15, 0.2) is 0 Å². The third kappa shape index (κ3) is 10.1. The number of rotatable bonds is 12. The van der Waals surface area contributed by atoms with Crippen molar-refractivity contribution >= 4 is 17.9 Å². The summed E-state index contributed by atoms with van der Waals surface area (Å²) in [5.41, 5.74) is 3.14. The van der Waals surface area contributed by atoms with Crippen molar-refractivity contribution in [3.8, 4) is 0 Å². The van der Waals surface area contributed by atoms with Crippen LogP contribution in [0.15, 0.2) is 273 Å². The van der Waals surface area contributed by atoms with Gasteiger partial charge in [-0.3, -0.25) is 14.4 Å². The van der Waals surface area contributed by atoms with Gasteiger partial charge in [-0.25, -0.2) is 0 Å². The standard InChI is InChI=1S/3C20H16O2.Nd/c3*21-19(22)20(16-10-4-1-5-11-16,17-12-6-2-7-13-17)18-14-8-3-9-15-18;/h3*1-15H,(H,21,22);. The smallest absolute Gasteiger partial charge is 0.323 e. The fraction of sp³-hybridized carbons (Fsp3) is 0.0500. The molecule has 328 valence electrons. The summed E-state index contributed by atoms with van der Waals surface area (Å²) in [5.74, 6) is -2.64. The molecular weight excluding hydrogens is 961 g/mol. The van der Waals surface area contributed by atoms with Crippen LogP contribution in [0, 0.1) is 40.8 Å². The van der Waals surface area contributed by atoms with Gasteiger partial charge in [0, 0.05) is 40.8 Å². The molecule has 0 unspecified atom stereocenters. The second-order valence-electron chi connectivity index (χ2n) is 15.5. The van der Waals surface area contributed by atoms with Crippen LogP contribution in [0.2, 0.25) is 0 Å². The molecule has 0 aliphatic heterocycles. The monoisotopic (exact) mass is 1010 g/mol. The van der Waals surface area contributed by atoms with Gasteiger partial charge in [-0.15, -0.1) is 0 Å². The average molecular weight is 1010 g/mol. The number of hydrogen-bond donors (Lipinski definition) is 3. The molecule has 0 aromatic heterocycles. The number of carbonyl (C=O) groups is 3. The van der Waals surface area contributed by atoms with E-state index < -0.39 is 34.2 Å². The fourth-order valence-corrected chi connectivity index (χ4v) is 8.80. The number of benzene rings is 9. The van der Waals surface area contributed by atoms with Gasteiger partial charge in [-0.05, 0) is 50.1 Å². The minimum absolute atomic E-state index is 0. The third-order valence-electron chi connectivity index (χ3n) is 11.8. The molecule has 9 aromatic rings. The topological polar surface area (TPSA) is 112 Å². The van der Waals surface area contributed by atoms with Crippen LogP contribution < -0.4 is 0 Å². The summed E-state index contributed by atoms with van der Waals surface area (Å²) >= 11 is 0. The predicted octanol–water partition coefficient (Wildman–Crippen LogP) is 12.3. The van der Waals surface area contributed by atoms with Gasteiger partial charge in [0.25, 0.3) is 0 Å². The molecule has 0 saturated heterocycles. The zero-order valence-corrected chi connectivity index (χ0v) is 39.8. The Labute approximate surface area is 424 Å². The maximum Gasteiger partial charge on any atom is 0.323 e. The Morgan fingerprint density at radius 2 is 0.299 bits per heavy atom. The summed E-state index contributed by atoms with van der Waals surface area (Å²) in [4.78, 5) is 37.3. The van der Waals surface area contributed by atoms with Crippen molar-refractivity contribution in [3.63, 3.8) is 0 Å². The van der Waals surface area contributed by atoms with Crippen LogP contribution >= 0.6 is 0 Å². The number of carboxylic acid groups (broad SMARTS) is 3. The first kappa shape index (κ1) is 49.2. The molecule has 0 bridgehead atoms. The molecule has 9 rings (SSSR count). The van der Waals surface area contributed by atoms with Crippen molar-refractivity contribution in [1.29, 1.82) is 0 Å². The van der Waals surface area contributed by atoms with Crippen LogP contribution in [0.3, 0.4) is 0 Å². The van der Waals surface area contributed by atoms with Gasteiger partial charge < -0.3 is 15.3 Å². The Hall–Kier alpha value is -7.26. The molecule has 0 saturated carbocycles. The van der Waals surface area contributed by atoms with E-state index in [0.717, 1.165) is 50.1 Å². The SMILES string of the molecule is O=C(O)C(c1ccccc1)(c1ccccc1)c1ccccc1.O=C(O)C(c1ccccc1)(c1ccccc1)c1ccccc1.O=C(O)C(c1ccccc1)(c1ccccc1)c1ccccc1.[Nd]. The molecular formula is C60H48NdO6. The Bertz CT molecular complexity index is 2290. The van der Waals surface area contributed by atoms with E-state index in [1.54, 1.807) is 0 Å². The van der Waals surface area contributed by atoms with Crippen LogP contribution in [0.1, 0.15) is 50.1 Å². The summed E-state index contributed by atoms with van der Waals surface area (Å²) in [6.45, 7) is 0. The maximum absolute atomic E-state index is 12.4. The fourth-order valence-electron chi connectivity index (χ4n) is 8.80. The largest absolute Gasteiger partial charge is 0.480 e. The third-order valence-corrected chi connectivity index (χ3v) is 11.8. The first-order valence-corrected chi connectivity index (χ1v) is 21.5. The van der Waals surface area contributed by atoms with Crippen LogP contribution in [0.5, 0.6) is 0 Å². The molecule has 67 heavy (non-hydrogen) atoms. The molecule has 9 aromatic carbocycles. The first-order chi connectivity index (χ1) is 32.3. The molecule has 0 aliphatic carbocycles. The maximum atomic E-state index is 12.4. The first-order valence-electron chi connectivity index (χ1n) is 21.5. The van der Waals surface area contributed by atoms with E-state index in [-0.39, 0.29) is 40.8 Å². The summed E-state index contributed by atoms with van der Waals surface area (Å²) < 4.78 is 0. The van der Waals surface area contributed by atoms with Crippen molar-refractivity contribution in [2.45, 2.75) is 16.2 Å². The summed E-state index contributed by atoms with van der Waals surface area (Å²) in [6.07, 6.45) is 0. The van der Waals surface area contributed by atoms with Gasteiger partial charge in [-0.2, -0.15) is 0 Å². The summed E-state index contributed by atoms with van der Waals surface area (Å²) in [7, 11) is 0. The minimum atomic E-state index is -1.20. The Balaban J connectivity index is 0.000000165. The molecule has 0 fully saturated rings. The van der Waals surface area contributed by atoms with Crippen molar-refractivity contribution in [2.24, 2.45) is 0 Å². The molecule has 0 aliphatic rings. The molecule has 0 amide bonds. The van der Waals surface area contributed by atoms with E-state index >= 15 is 0 Å². The van der Waals surface area contributed by atoms with Crippen molar-refractivity contribution in [3.05, 3.63) is 323 Å². The minimum Gasteiger partial charge on any atom is -0.480 e. The zero-order chi connectivity index (χ0) is 46.2. The van der Waals surface area contributed by atoms with Gasteiger partial charge in [0.2, 0.25) is 0 Å². The Morgan fingerprint density at radius 3 is 0.373 bits per heavy atom. The molecule has 0 heterocycles. The zero-order valence-electron chi connectivity index (χ0n) is 36.5. The molecule has 0 atom stereocenters. The van der Waals surface area contributed by atoms with E-state index in [9.17, 15) is 29.7 Å². The molecule has 7 heteroatoms. The van der Waals surface area contributed by atoms with E-state index in [1.807, 2.05) is 273 Å². The normalized spacial score (nSPS) is 10.9. The van der Waals surface area contributed by atoms with Gasteiger partial charge >= 0.3 is 17.9 Å². The van der Waals surface area contributed by atoms with Gasteiger partial charge in [0.05, 0.1) is 0 Å². The van der Waals surface area contributed by atoms with E-state index in [2.05, 4.69) is 0 Å². The predicted molar refractivity (Wildman–Crippen MR) is 261 cm³/mol. The molecule has 0 radical (unpaired) electrons. The van der Waals surface area contributed by atoms with Crippen molar-refractivity contribution in [2.75, 3.05) is 0 Å². The number of hydrogen-bond acceptors (Lipinski definition) is 3. The van der Waals surface area contributed by atoms with E-state index in [4.69, 9.17) is 0 Å². The van der Waals surface area contributed by atoms with Crippen LogP contribution in [0.25, 0.3) is 0 Å². The summed E-state index contributed by atoms with van der Waals surface area (Å²) in [6, 6.07) is 84.4. The second-order valence-corrected chi connectivity index (χ2v) is 15.5. The molecule has 0 spiro atoms. The Kier molecular flexibility index (Phi) is 17.1. The van der Waals surface area contributed by atoms with E-state index in [0.29, 0.717) is 0 Å². The number of aliphatic carboxylic acids is 3. The van der Waals surface area contributed by atoms with Crippen LogP contribution in [-0.4, -0.2) is 33.2 Å². The second kappa shape index (κ2) is 23.3. The Morgan fingerprint density at radius 1 is 0.209 bits per heavy atom. The van der Waals surface area contributed by atoms with Gasteiger partial charge in [0.1, 0.15) is 16.2 Å². The summed E-state index contributed by atoms with van der Waals surface area (Å²) in [5, 5.41) is 30.6. The van der Waals surface area contributed by atoms with Crippen molar-refractivity contribution in [1.82, 2.24) is 0 Å². The van der Waals surface area contributed by atoms with E-state index in [1.165, 1.54) is 0 Å². The van der Waals surface area contributed by atoms with Crippen molar-refractivity contribution < 1.29 is 70.5 Å². The number of carboxylic acids is 3. The molecule has 3 N–H and O–H groups in total. The van der Waals surface area contributed by atoms with Gasteiger partial charge in [-0.1, -0.05) is 273 Å². The van der Waals surface area contributed by atoms with Crippen LogP contribution in [-0.2, 0) is 30.6 Å². The quantitative estimate of drug-likeness (QED) is 0.105.